The summed E-state index contributed by atoms with van der Waals surface area (Å²) in [5, 5.41) is 11.2. The summed E-state index contributed by atoms with van der Waals surface area (Å²) in [6, 6.07) is 11.4. The van der Waals surface area contributed by atoms with Crippen LogP contribution in [0.4, 0.5) is 0 Å². The zero-order chi connectivity index (χ0) is 20.1. The van der Waals surface area contributed by atoms with Gasteiger partial charge in [0.25, 0.3) is 0 Å². The Kier molecular flexibility index (Phi) is 6.16. The minimum absolute atomic E-state index is 0.0139. The van der Waals surface area contributed by atoms with Crippen molar-refractivity contribution < 1.29 is 24.1 Å². The normalized spacial score (nSPS) is 10.5. The van der Waals surface area contributed by atoms with Crippen molar-refractivity contribution in [3.05, 3.63) is 58.6 Å². The van der Waals surface area contributed by atoms with E-state index < -0.39 is 5.97 Å². The molecule has 0 unspecified atom stereocenters. The molecule has 0 radical (unpaired) electrons. The Hall–Kier alpha value is -3.06. The highest BCUT2D eigenvalue weighted by molar-refractivity contribution is 7.13. The number of carbonyl (C=O) groups is 1. The molecular weight excluding hydrogens is 378 g/mol. The fourth-order valence-corrected chi connectivity index (χ4v) is 3.41. The quantitative estimate of drug-likeness (QED) is 0.558. The van der Waals surface area contributed by atoms with Crippen LogP contribution in [0.25, 0.3) is 10.6 Å². The molecule has 0 amide bonds. The monoisotopic (exact) mass is 399 g/mol. The Morgan fingerprint density at radius 1 is 1.07 bits per heavy atom. The molecule has 3 aromatic rings. The van der Waals surface area contributed by atoms with E-state index in [-0.39, 0.29) is 5.69 Å². The molecule has 28 heavy (non-hydrogen) atoms. The van der Waals surface area contributed by atoms with Gasteiger partial charge in [-0.05, 0) is 43.2 Å². The molecule has 0 fully saturated rings. The molecule has 7 heteroatoms. The fourth-order valence-electron chi connectivity index (χ4n) is 2.59. The Morgan fingerprint density at radius 2 is 1.82 bits per heavy atom. The number of hydrogen-bond donors (Lipinski definition) is 1. The Balaban J connectivity index is 1.72. The van der Waals surface area contributed by atoms with E-state index in [1.807, 2.05) is 38.1 Å². The van der Waals surface area contributed by atoms with E-state index in [2.05, 4.69) is 4.98 Å². The third-order valence-corrected chi connectivity index (χ3v) is 4.96. The zero-order valence-electron chi connectivity index (χ0n) is 15.9. The molecule has 2 aromatic carbocycles. The van der Waals surface area contributed by atoms with Gasteiger partial charge in [-0.2, -0.15) is 0 Å². The SMILES string of the molecule is COc1ccc(-c2nc(C(=O)O)cs2)c(OCCOc2cc(C)ccc2C)c1. The smallest absolute Gasteiger partial charge is 0.355 e. The van der Waals surface area contributed by atoms with E-state index in [1.165, 1.54) is 16.7 Å². The molecule has 0 saturated carbocycles. The van der Waals surface area contributed by atoms with Gasteiger partial charge in [0.2, 0.25) is 0 Å². The van der Waals surface area contributed by atoms with Gasteiger partial charge in [-0.1, -0.05) is 12.1 Å². The first-order chi connectivity index (χ1) is 13.5. The van der Waals surface area contributed by atoms with Crippen molar-refractivity contribution in [1.29, 1.82) is 0 Å². The molecule has 0 aliphatic rings. The minimum atomic E-state index is -1.06. The van der Waals surface area contributed by atoms with Crippen LogP contribution in [0, 0.1) is 13.8 Å². The second-order valence-corrected chi connectivity index (χ2v) is 7.03. The van der Waals surface area contributed by atoms with Crippen LogP contribution in [0.3, 0.4) is 0 Å². The molecule has 146 valence electrons. The third-order valence-electron chi connectivity index (χ3n) is 4.08. The van der Waals surface area contributed by atoms with Gasteiger partial charge in [0.05, 0.1) is 12.7 Å². The summed E-state index contributed by atoms with van der Waals surface area (Å²) in [4.78, 5) is 15.3. The lowest BCUT2D eigenvalue weighted by Crippen LogP contribution is -2.10. The van der Waals surface area contributed by atoms with Crippen molar-refractivity contribution in [2.75, 3.05) is 20.3 Å². The van der Waals surface area contributed by atoms with Crippen LogP contribution in [-0.2, 0) is 0 Å². The topological polar surface area (TPSA) is 77.9 Å². The second kappa shape index (κ2) is 8.75. The van der Waals surface area contributed by atoms with E-state index in [0.717, 1.165) is 16.9 Å². The van der Waals surface area contributed by atoms with Crippen LogP contribution in [0.1, 0.15) is 21.6 Å². The molecule has 0 spiro atoms. The highest BCUT2D eigenvalue weighted by atomic mass is 32.1. The van der Waals surface area contributed by atoms with Crippen molar-refractivity contribution in [2.45, 2.75) is 13.8 Å². The third kappa shape index (κ3) is 4.61. The Bertz CT molecular complexity index is 983. The summed E-state index contributed by atoms with van der Waals surface area (Å²) in [6.45, 7) is 4.72. The van der Waals surface area contributed by atoms with Gasteiger partial charge in [-0.15, -0.1) is 11.3 Å². The lowest BCUT2D eigenvalue weighted by molar-refractivity contribution is 0.0691. The van der Waals surface area contributed by atoms with E-state index in [1.54, 1.807) is 19.2 Å². The number of ether oxygens (including phenoxy) is 3. The van der Waals surface area contributed by atoms with Crippen LogP contribution in [-0.4, -0.2) is 36.4 Å². The molecule has 1 heterocycles. The van der Waals surface area contributed by atoms with Crippen molar-refractivity contribution in [3.63, 3.8) is 0 Å². The largest absolute Gasteiger partial charge is 0.497 e. The van der Waals surface area contributed by atoms with Gasteiger partial charge in [-0.25, -0.2) is 9.78 Å². The molecule has 1 N–H and O–H groups in total. The first-order valence-electron chi connectivity index (χ1n) is 8.68. The van der Waals surface area contributed by atoms with Crippen LogP contribution in [0.15, 0.2) is 41.8 Å². The number of aromatic carboxylic acids is 1. The lowest BCUT2D eigenvalue weighted by Gasteiger charge is -2.13. The first kappa shape index (κ1) is 19.7. The molecular formula is C21H21NO5S. The van der Waals surface area contributed by atoms with E-state index in [0.29, 0.717) is 35.3 Å². The Morgan fingerprint density at radius 3 is 2.50 bits per heavy atom. The highest BCUT2D eigenvalue weighted by Gasteiger charge is 2.15. The predicted molar refractivity (Wildman–Crippen MR) is 108 cm³/mol. The average molecular weight is 399 g/mol. The lowest BCUT2D eigenvalue weighted by atomic mass is 10.1. The van der Waals surface area contributed by atoms with Crippen molar-refractivity contribution in [1.82, 2.24) is 4.98 Å². The second-order valence-electron chi connectivity index (χ2n) is 6.17. The number of aryl methyl sites for hydroxylation is 2. The first-order valence-corrected chi connectivity index (χ1v) is 9.56. The number of rotatable bonds is 8. The van der Waals surface area contributed by atoms with Crippen LogP contribution in [0.5, 0.6) is 17.2 Å². The number of carboxylic acid groups (broad SMARTS) is 1. The van der Waals surface area contributed by atoms with Gasteiger partial charge in [0, 0.05) is 11.4 Å². The molecule has 0 aliphatic heterocycles. The van der Waals surface area contributed by atoms with Crippen molar-refractivity contribution in [3.8, 4) is 27.8 Å². The molecule has 0 aliphatic carbocycles. The maximum atomic E-state index is 11.1. The molecule has 1 aromatic heterocycles. The predicted octanol–water partition coefficient (Wildman–Crippen LogP) is 4.59. The Labute approximate surface area is 167 Å². The highest BCUT2D eigenvalue weighted by Crippen LogP contribution is 2.35. The number of carboxylic acids is 1. The number of aromatic nitrogens is 1. The summed E-state index contributed by atoms with van der Waals surface area (Å²) in [5.41, 5.74) is 2.93. The van der Waals surface area contributed by atoms with Gasteiger partial charge in [0.15, 0.2) is 5.69 Å². The number of hydrogen-bond acceptors (Lipinski definition) is 6. The van der Waals surface area contributed by atoms with Gasteiger partial charge < -0.3 is 19.3 Å². The van der Waals surface area contributed by atoms with Crippen LogP contribution >= 0.6 is 11.3 Å². The van der Waals surface area contributed by atoms with Gasteiger partial charge in [-0.3, -0.25) is 0 Å². The van der Waals surface area contributed by atoms with E-state index >= 15 is 0 Å². The number of nitrogens with zero attached hydrogens (tertiary/aromatic N) is 1. The summed E-state index contributed by atoms with van der Waals surface area (Å²) in [5.74, 6) is 0.986. The molecule has 3 rings (SSSR count). The number of benzene rings is 2. The van der Waals surface area contributed by atoms with Gasteiger partial charge in [0.1, 0.15) is 35.5 Å². The number of thiazole rings is 1. The summed E-state index contributed by atoms with van der Waals surface area (Å²) >= 11 is 1.25. The number of methoxy groups -OCH3 is 1. The van der Waals surface area contributed by atoms with E-state index in [9.17, 15) is 4.79 Å². The standard InChI is InChI=1S/C21H21NO5S/c1-13-4-5-14(2)18(10-13)26-8-9-27-19-11-15(25-3)6-7-16(19)20-22-17(12-28-20)21(23)24/h4-7,10-12H,8-9H2,1-3H3,(H,23,24). The fraction of sp³-hybridized carbons (Fsp3) is 0.238. The molecule has 6 nitrogen and oxygen atoms in total. The van der Waals surface area contributed by atoms with Crippen LogP contribution in [0.2, 0.25) is 0 Å². The summed E-state index contributed by atoms with van der Waals surface area (Å²) in [7, 11) is 1.58. The maximum absolute atomic E-state index is 11.1. The maximum Gasteiger partial charge on any atom is 0.355 e. The van der Waals surface area contributed by atoms with Crippen molar-refractivity contribution in [2.24, 2.45) is 0 Å². The van der Waals surface area contributed by atoms with Crippen molar-refractivity contribution >= 4 is 17.3 Å². The molecule has 0 saturated heterocycles. The van der Waals surface area contributed by atoms with Gasteiger partial charge >= 0.3 is 5.97 Å². The zero-order valence-corrected chi connectivity index (χ0v) is 16.7. The average Bonchev–Trinajstić information content (AvgIpc) is 3.18. The van der Waals surface area contributed by atoms with Crippen LogP contribution < -0.4 is 14.2 Å². The molecule has 0 atom stereocenters. The van der Waals surface area contributed by atoms with E-state index in [4.69, 9.17) is 19.3 Å². The summed E-state index contributed by atoms with van der Waals surface area (Å²) in [6.07, 6.45) is 0. The molecule has 0 bridgehead atoms. The minimum Gasteiger partial charge on any atom is -0.497 e. The summed E-state index contributed by atoms with van der Waals surface area (Å²) < 4.78 is 17.0.